The van der Waals surface area contributed by atoms with E-state index in [0.29, 0.717) is 5.75 Å². The molecule has 0 saturated heterocycles. The largest absolute Gasteiger partial charge is 0.495 e. The van der Waals surface area contributed by atoms with E-state index in [1.165, 1.54) is 11.1 Å². The Morgan fingerprint density at radius 1 is 1.19 bits per heavy atom. The molecule has 1 amide bonds. The van der Waals surface area contributed by atoms with Gasteiger partial charge >= 0.3 is 0 Å². The van der Waals surface area contributed by atoms with Crippen LogP contribution in [-0.4, -0.2) is 46.7 Å². The molecule has 31 heavy (non-hydrogen) atoms. The highest BCUT2D eigenvalue weighted by Crippen LogP contribution is 2.37. The highest BCUT2D eigenvalue weighted by Gasteiger charge is 2.23. The summed E-state index contributed by atoms with van der Waals surface area (Å²) in [5.41, 5.74) is 9.38. The summed E-state index contributed by atoms with van der Waals surface area (Å²) < 4.78 is 5.59. The molecule has 1 unspecified atom stereocenters. The summed E-state index contributed by atoms with van der Waals surface area (Å²) in [7, 11) is 3.74. The van der Waals surface area contributed by atoms with Crippen molar-refractivity contribution >= 4 is 29.0 Å². The molecule has 2 heterocycles. The van der Waals surface area contributed by atoms with E-state index in [1.54, 1.807) is 7.11 Å². The maximum atomic E-state index is 11.8. The lowest BCUT2D eigenvalue weighted by molar-refractivity contribution is 0.0995. The van der Waals surface area contributed by atoms with Gasteiger partial charge in [-0.1, -0.05) is 18.2 Å². The van der Waals surface area contributed by atoms with Gasteiger partial charge in [0.05, 0.1) is 12.8 Å². The van der Waals surface area contributed by atoms with E-state index >= 15 is 0 Å². The molecule has 0 bridgehead atoms. The predicted octanol–water partition coefficient (Wildman–Crippen LogP) is 3.02. The third-order valence-electron chi connectivity index (χ3n) is 5.51. The normalized spacial score (nSPS) is 15.8. The van der Waals surface area contributed by atoms with Gasteiger partial charge in [-0.3, -0.25) is 9.69 Å². The Kier molecular flexibility index (Phi) is 5.68. The van der Waals surface area contributed by atoms with Gasteiger partial charge in [0.1, 0.15) is 5.75 Å². The first-order valence-corrected chi connectivity index (χ1v) is 10.0. The summed E-state index contributed by atoms with van der Waals surface area (Å²) in [5, 5.41) is 14.3. The van der Waals surface area contributed by atoms with Crippen LogP contribution in [0.2, 0.25) is 0 Å². The Balaban J connectivity index is 1.69. The highest BCUT2D eigenvalue weighted by atomic mass is 16.5. The minimum atomic E-state index is -0.715. The minimum absolute atomic E-state index is 0.0398. The molecule has 1 atom stereocenters. The van der Waals surface area contributed by atoms with Crippen molar-refractivity contribution in [3.8, 4) is 5.75 Å². The van der Waals surface area contributed by atoms with Crippen molar-refractivity contribution < 1.29 is 9.53 Å². The minimum Gasteiger partial charge on any atom is -0.495 e. The summed E-state index contributed by atoms with van der Waals surface area (Å²) in [4.78, 5) is 18.6. The monoisotopic (exact) mass is 419 g/mol. The van der Waals surface area contributed by atoms with Gasteiger partial charge in [-0.2, -0.15) is 4.98 Å². The van der Waals surface area contributed by atoms with Crippen molar-refractivity contribution in [3.05, 3.63) is 59.3 Å². The van der Waals surface area contributed by atoms with Crippen LogP contribution in [0, 0.1) is 0 Å². The quantitative estimate of drug-likeness (QED) is 0.558. The number of carbonyl (C=O) groups is 1. The Morgan fingerprint density at radius 2 is 1.97 bits per heavy atom. The number of rotatable bonds is 6. The van der Waals surface area contributed by atoms with Crippen molar-refractivity contribution in [2.24, 2.45) is 5.73 Å². The number of hydrogen-bond donors (Lipinski definition) is 3. The number of benzene rings is 2. The number of anilines is 4. The maximum Gasteiger partial charge on any atom is 0.273 e. The highest BCUT2D eigenvalue weighted by molar-refractivity contribution is 5.96. The lowest BCUT2D eigenvalue weighted by atomic mass is 9.93. The zero-order chi connectivity index (χ0) is 22.0. The molecule has 2 aromatic carbocycles. The van der Waals surface area contributed by atoms with E-state index in [2.05, 4.69) is 56.8 Å². The number of amides is 1. The fraction of sp³-hybridized carbons (Fsp3) is 0.273. The number of ether oxygens (including phenoxy) is 1. The third-order valence-corrected chi connectivity index (χ3v) is 5.51. The fourth-order valence-corrected chi connectivity index (χ4v) is 3.65. The summed E-state index contributed by atoms with van der Waals surface area (Å²) in [5.74, 6) is 0.420. The topological polar surface area (TPSA) is 118 Å². The number of primary amides is 1. The lowest BCUT2D eigenvalue weighted by Crippen LogP contribution is -2.30. The van der Waals surface area contributed by atoms with Crippen LogP contribution in [0.4, 0.5) is 23.1 Å². The molecule has 9 heteroatoms. The second-order valence-electron chi connectivity index (χ2n) is 7.47. The van der Waals surface area contributed by atoms with E-state index in [4.69, 9.17) is 10.5 Å². The molecule has 0 aliphatic carbocycles. The molecule has 0 saturated carbocycles. The van der Waals surface area contributed by atoms with Gasteiger partial charge in [0.25, 0.3) is 5.91 Å². The number of para-hydroxylation sites is 1. The Bertz CT molecular complexity index is 1100. The molecule has 0 spiro atoms. The third kappa shape index (κ3) is 4.26. The van der Waals surface area contributed by atoms with Gasteiger partial charge in [-0.05, 0) is 55.8 Å². The first-order chi connectivity index (χ1) is 15.0. The summed E-state index contributed by atoms with van der Waals surface area (Å²) in [6.45, 7) is 3.18. The maximum absolute atomic E-state index is 11.8. The number of hydrogen-bond acceptors (Lipinski definition) is 8. The summed E-state index contributed by atoms with van der Waals surface area (Å²) in [6.07, 6.45) is 0.962. The number of aromatic nitrogens is 3. The van der Waals surface area contributed by atoms with Crippen LogP contribution in [0.3, 0.4) is 0 Å². The average Bonchev–Trinajstić information content (AvgIpc) is 2.77. The first kappa shape index (κ1) is 20.5. The van der Waals surface area contributed by atoms with Crippen LogP contribution in [0.1, 0.15) is 34.6 Å². The molecule has 0 radical (unpaired) electrons. The van der Waals surface area contributed by atoms with Crippen LogP contribution in [0.5, 0.6) is 5.75 Å². The van der Waals surface area contributed by atoms with Gasteiger partial charge in [0.2, 0.25) is 5.95 Å². The van der Waals surface area contributed by atoms with E-state index in [-0.39, 0.29) is 23.5 Å². The smallest absolute Gasteiger partial charge is 0.273 e. The molecule has 4 N–H and O–H groups in total. The molecule has 1 aliphatic heterocycles. The van der Waals surface area contributed by atoms with Crippen LogP contribution in [0.25, 0.3) is 0 Å². The van der Waals surface area contributed by atoms with E-state index in [1.807, 2.05) is 30.3 Å². The van der Waals surface area contributed by atoms with Crippen LogP contribution in [-0.2, 0) is 6.42 Å². The second-order valence-corrected chi connectivity index (χ2v) is 7.47. The van der Waals surface area contributed by atoms with Crippen molar-refractivity contribution in [2.75, 3.05) is 31.3 Å². The number of nitrogens with one attached hydrogen (secondary N) is 2. The van der Waals surface area contributed by atoms with Crippen LogP contribution >= 0.6 is 0 Å². The number of nitrogens with two attached hydrogens (primary N) is 1. The Morgan fingerprint density at radius 3 is 2.68 bits per heavy atom. The van der Waals surface area contributed by atoms with Gasteiger partial charge in [0.15, 0.2) is 11.5 Å². The first-order valence-electron chi connectivity index (χ1n) is 10.0. The standard InChI is InChI=1S/C22H25N7O2/c1-13-16-12-17(18(31-3)11-14(16)9-10-29(13)2)25-22-26-21(19(20(23)30)27-28-22)24-15-7-5-4-6-8-15/h4-8,11-13H,9-10H2,1-3H3,(H2,23,30)(H2,24,25,26,28). The molecular weight excluding hydrogens is 394 g/mol. The molecule has 1 aliphatic rings. The van der Waals surface area contributed by atoms with E-state index < -0.39 is 5.91 Å². The van der Waals surface area contributed by atoms with Crippen LogP contribution < -0.4 is 21.1 Å². The predicted molar refractivity (Wildman–Crippen MR) is 119 cm³/mol. The van der Waals surface area contributed by atoms with Crippen molar-refractivity contribution in [3.63, 3.8) is 0 Å². The van der Waals surface area contributed by atoms with Crippen molar-refractivity contribution in [1.29, 1.82) is 0 Å². The average molecular weight is 419 g/mol. The summed E-state index contributed by atoms with van der Waals surface area (Å²) in [6, 6.07) is 13.7. The van der Waals surface area contributed by atoms with Gasteiger partial charge in [-0.15, -0.1) is 10.2 Å². The van der Waals surface area contributed by atoms with Crippen molar-refractivity contribution in [2.45, 2.75) is 19.4 Å². The molecule has 0 fully saturated rings. The molecule has 4 rings (SSSR count). The van der Waals surface area contributed by atoms with Crippen LogP contribution in [0.15, 0.2) is 42.5 Å². The van der Waals surface area contributed by atoms with Gasteiger partial charge in [-0.25, -0.2) is 0 Å². The van der Waals surface area contributed by atoms with Crippen molar-refractivity contribution in [1.82, 2.24) is 20.1 Å². The molecule has 1 aromatic heterocycles. The number of fused-ring (bicyclic) bond motifs is 1. The molecule has 9 nitrogen and oxygen atoms in total. The number of methoxy groups -OCH3 is 1. The number of carbonyl (C=O) groups excluding carboxylic acids is 1. The Labute approximate surface area is 180 Å². The Hall–Kier alpha value is -3.72. The zero-order valence-corrected chi connectivity index (χ0v) is 17.7. The van der Waals surface area contributed by atoms with Gasteiger partial charge in [0, 0.05) is 18.3 Å². The fourth-order valence-electron chi connectivity index (χ4n) is 3.65. The number of likely N-dealkylation sites (N-methyl/N-ethyl adjacent to an activating group) is 1. The molecule has 160 valence electrons. The number of nitrogens with zero attached hydrogens (tertiary/aromatic N) is 4. The lowest BCUT2D eigenvalue weighted by Gasteiger charge is -2.32. The van der Waals surface area contributed by atoms with E-state index in [0.717, 1.165) is 24.3 Å². The molecular formula is C22H25N7O2. The summed E-state index contributed by atoms with van der Waals surface area (Å²) >= 11 is 0. The van der Waals surface area contributed by atoms with E-state index in [9.17, 15) is 4.79 Å². The zero-order valence-electron chi connectivity index (χ0n) is 17.7. The van der Waals surface area contributed by atoms with Gasteiger partial charge < -0.3 is 21.1 Å². The SMILES string of the molecule is COc1cc2c(cc1Nc1nnc(C(N)=O)c(Nc3ccccc3)n1)C(C)N(C)CC2. The molecule has 3 aromatic rings. The second kappa shape index (κ2) is 8.57.